The Kier molecular flexibility index (Phi) is 14.0. The van der Waals surface area contributed by atoms with Crippen LogP contribution >= 0.6 is 24.0 Å². The van der Waals surface area contributed by atoms with Gasteiger partial charge in [0.1, 0.15) is 5.60 Å². The third-order valence-corrected chi connectivity index (χ3v) is 5.45. The molecule has 184 valence electrons. The lowest BCUT2D eigenvalue weighted by Crippen LogP contribution is -2.48. The number of nitrogens with zero attached hydrogens (tertiary/aromatic N) is 3. The number of nitrogens with one attached hydrogen (secondary N) is 2. The molecule has 11 heteroatoms. The summed E-state index contributed by atoms with van der Waals surface area (Å²) in [4.78, 5) is 21.1. The summed E-state index contributed by atoms with van der Waals surface area (Å²) in [5.41, 5.74) is -0.484. The maximum atomic E-state index is 12.4. The number of hydrogen-bond donors (Lipinski definition) is 2. The quantitative estimate of drug-likeness (QED) is 0.190. The lowest BCUT2D eigenvalue weighted by molar-refractivity contribution is 0.0214. The van der Waals surface area contributed by atoms with Gasteiger partial charge in [-0.2, -0.15) is 0 Å². The molecule has 0 aromatic carbocycles. The molecule has 9 nitrogen and oxygen atoms in total. The number of amides is 1. The molecule has 0 spiro atoms. The van der Waals surface area contributed by atoms with Crippen molar-refractivity contribution in [2.45, 2.75) is 59.5 Å². The topological polar surface area (TPSA) is 103 Å². The first-order valence-electron chi connectivity index (χ1n) is 10.9. The number of carbonyl (C=O) groups is 1. The smallest absolute Gasteiger partial charge is 0.410 e. The van der Waals surface area contributed by atoms with Gasteiger partial charge in [-0.1, -0.05) is 0 Å². The summed E-state index contributed by atoms with van der Waals surface area (Å²) in [7, 11) is -3.15. The van der Waals surface area contributed by atoms with Crippen LogP contribution in [0, 0.1) is 5.92 Å². The molecule has 0 unspecified atom stereocenters. The molecular formula is C20H42IN5O4S. The second-order valence-corrected chi connectivity index (χ2v) is 10.5. The SMILES string of the molecule is CCNC(=NCCCNS(C)(=O)=O)N1CCC(CN(CC)C(=O)OC(C)(C)C)CC1.I. The number of hydrogen-bond acceptors (Lipinski definition) is 5. The molecule has 1 heterocycles. The zero-order valence-corrected chi connectivity index (χ0v) is 23.1. The van der Waals surface area contributed by atoms with Crippen molar-refractivity contribution in [1.29, 1.82) is 0 Å². The van der Waals surface area contributed by atoms with Crippen molar-refractivity contribution < 1.29 is 17.9 Å². The number of sulfonamides is 1. The molecule has 31 heavy (non-hydrogen) atoms. The Bertz CT molecular complexity index is 659. The highest BCUT2D eigenvalue weighted by atomic mass is 127. The molecule has 0 aromatic rings. The highest BCUT2D eigenvalue weighted by molar-refractivity contribution is 14.0. The van der Waals surface area contributed by atoms with Crippen molar-refractivity contribution in [2.75, 3.05) is 52.1 Å². The molecular weight excluding hydrogens is 533 g/mol. The van der Waals surface area contributed by atoms with E-state index in [1.54, 1.807) is 4.90 Å². The summed E-state index contributed by atoms with van der Waals surface area (Å²) in [6.07, 6.45) is 3.54. The molecule has 0 atom stereocenters. The van der Waals surface area contributed by atoms with Crippen LogP contribution in [0.1, 0.15) is 53.9 Å². The maximum Gasteiger partial charge on any atom is 0.410 e. The van der Waals surface area contributed by atoms with Crippen LogP contribution in [0.25, 0.3) is 0 Å². The van der Waals surface area contributed by atoms with E-state index in [0.29, 0.717) is 38.5 Å². The highest BCUT2D eigenvalue weighted by Gasteiger charge is 2.27. The molecule has 1 rings (SSSR count). The predicted molar refractivity (Wildman–Crippen MR) is 137 cm³/mol. The van der Waals surface area contributed by atoms with Gasteiger partial charge in [-0.25, -0.2) is 17.9 Å². The summed E-state index contributed by atoms with van der Waals surface area (Å²) in [6.45, 7) is 14.5. The average molecular weight is 576 g/mol. The Hall–Kier alpha value is -0.820. The zero-order valence-electron chi connectivity index (χ0n) is 19.9. The van der Waals surface area contributed by atoms with Crippen molar-refractivity contribution in [1.82, 2.24) is 19.8 Å². The summed E-state index contributed by atoms with van der Waals surface area (Å²) < 4.78 is 30.2. The van der Waals surface area contributed by atoms with Crippen molar-refractivity contribution in [2.24, 2.45) is 10.9 Å². The second-order valence-electron chi connectivity index (χ2n) is 8.71. The number of halogens is 1. The van der Waals surface area contributed by atoms with Gasteiger partial charge in [0.2, 0.25) is 10.0 Å². The fourth-order valence-corrected chi connectivity index (χ4v) is 3.76. The molecule has 2 N–H and O–H groups in total. The van der Waals surface area contributed by atoms with Crippen molar-refractivity contribution in [3.05, 3.63) is 0 Å². The molecule has 1 aliphatic heterocycles. The number of piperidine rings is 1. The van der Waals surface area contributed by atoms with Crippen LogP contribution in [0.15, 0.2) is 4.99 Å². The number of carbonyl (C=O) groups excluding carboxylic acids is 1. The summed E-state index contributed by atoms with van der Waals surface area (Å²) in [6, 6.07) is 0. The maximum absolute atomic E-state index is 12.4. The fourth-order valence-electron chi connectivity index (χ4n) is 3.25. The van der Waals surface area contributed by atoms with E-state index in [1.807, 2.05) is 34.6 Å². The molecule has 0 aromatic heterocycles. The van der Waals surface area contributed by atoms with Crippen molar-refractivity contribution in [3.8, 4) is 0 Å². The zero-order chi connectivity index (χ0) is 22.8. The van der Waals surface area contributed by atoms with E-state index in [4.69, 9.17) is 4.74 Å². The van der Waals surface area contributed by atoms with Crippen LogP contribution in [-0.4, -0.2) is 87.9 Å². The average Bonchev–Trinajstić information content (AvgIpc) is 2.63. The van der Waals surface area contributed by atoms with Crippen LogP contribution in [0.2, 0.25) is 0 Å². The number of likely N-dealkylation sites (tertiary alicyclic amines) is 1. The third kappa shape index (κ3) is 13.4. The molecule has 1 saturated heterocycles. The van der Waals surface area contributed by atoms with Gasteiger partial charge in [0.25, 0.3) is 0 Å². The molecule has 1 fully saturated rings. The molecule has 0 bridgehead atoms. The number of ether oxygens (including phenoxy) is 1. The summed E-state index contributed by atoms with van der Waals surface area (Å²) >= 11 is 0. The lowest BCUT2D eigenvalue weighted by atomic mass is 9.96. The van der Waals surface area contributed by atoms with Gasteiger partial charge in [-0.05, 0) is 59.8 Å². The molecule has 1 aliphatic rings. The highest BCUT2D eigenvalue weighted by Crippen LogP contribution is 2.20. The summed E-state index contributed by atoms with van der Waals surface area (Å²) in [5, 5.41) is 3.32. The first-order chi connectivity index (χ1) is 13.9. The van der Waals surface area contributed by atoms with E-state index in [1.165, 1.54) is 0 Å². The molecule has 0 saturated carbocycles. The van der Waals surface area contributed by atoms with E-state index >= 15 is 0 Å². The van der Waals surface area contributed by atoms with Gasteiger partial charge >= 0.3 is 6.09 Å². The van der Waals surface area contributed by atoms with E-state index in [-0.39, 0.29) is 30.1 Å². The van der Waals surface area contributed by atoms with E-state index in [2.05, 4.69) is 19.9 Å². The minimum Gasteiger partial charge on any atom is -0.444 e. The molecule has 0 radical (unpaired) electrons. The normalized spacial score (nSPS) is 15.9. The minimum atomic E-state index is -3.15. The molecule has 1 amide bonds. The Morgan fingerprint density at radius 2 is 1.84 bits per heavy atom. The predicted octanol–water partition coefficient (Wildman–Crippen LogP) is 2.48. The Balaban J connectivity index is 0.00000900. The Morgan fingerprint density at radius 3 is 2.32 bits per heavy atom. The van der Waals surface area contributed by atoms with Crippen LogP contribution in [-0.2, 0) is 14.8 Å². The van der Waals surface area contributed by atoms with Gasteiger partial charge < -0.3 is 19.9 Å². The lowest BCUT2D eigenvalue weighted by Gasteiger charge is -2.36. The largest absolute Gasteiger partial charge is 0.444 e. The van der Waals surface area contributed by atoms with Crippen LogP contribution in [0.3, 0.4) is 0 Å². The van der Waals surface area contributed by atoms with E-state index in [0.717, 1.165) is 44.7 Å². The van der Waals surface area contributed by atoms with Crippen molar-refractivity contribution >= 4 is 46.1 Å². The van der Waals surface area contributed by atoms with Crippen LogP contribution < -0.4 is 10.0 Å². The monoisotopic (exact) mass is 575 g/mol. The van der Waals surface area contributed by atoms with Crippen molar-refractivity contribution in [3.63, 3.8) is 0 Å². The van der Waals surface area contributed by atoms with E-state index in [9.17, 15) is 13.2 Å². The van der Waals surface area contributed by atoms with Gasteiger partial charge in [0, 0.05) is 45.8 Å². The summed E-state index contributed by atoms with van der Waals surface area (Å²) in [5.74, 6) is 1.31. The first kappa shape index (κ1) is 30.2. The van der Waals surface area contributed by atoms with Gasteiger partial charge in [0.05, 0.1) is 6.26 Å². The van der Waals surface area contributed by atoms with Gasteiger partial charge in [-0.15, -0.1) is 24.0 Å². The Labute approximate surface area is 205 Å². The number of rotatable bonds is 9. The standard InChI is InChI=1S/C20H41N5O4S.HI/c1-7-21-18(22-12-9-13-23-30(6,27)28)25-14-10-17(11-15-25)16-24(8-2)19(26)29-20(3,4)5;/h17,23H,7-16H2,1-6H3,(H,21,22);1H. The fraction of sp³-hybridized carbons (Fsp3) is 0.900. The van der Waals surface area contributed by atoms with Gasteiger partial charge in [-0.3, -0.25) is 4.99 Å². The minimum absolute atomic E-state index is 0. The Morgan fingerprint density at radius 1 is 1.23 bits per heavy atom. The number of aliphatic imine (C=N–C) groups is 1. The van der Waals surface area contributed by atoms with Crippen LogP contribution in [0.4, 0.5) is 4.79 Å². The third-order valence-electron chi connectivity index (χ3n) is 4.72. The van der Waals surface area contributed by atoms with Gasteiger partial charge in [0.15, 0.2) is 5.96 Å². The van der Waals surface area contributed by atoms with E-state index < -0.39 is 15.6 Å². The number of guanidine groups is 1. The first-order valence-corrected chi connectivity index (χ1v) is 12.8. The second kappa shape index (κ2) is 14.4. The molecule has 0 aliphatic carbocycles. The van der Waals surface area contributed by atoms with Crippen LogP contribution in [0.5, 0.6) is 0 Å².